The van der Waals surface area contributed by atoms with Gasteiger partial charge in [0.15, 0.2) is 0 Å². The minimum Gasteiger partial charge on any atom is -0.396 e. The fraction of sp³-hybridized carbons (Fsp3) is 1.00. The maximum Gasteiger partial charge on any atom is 0.143 e. The third kappa shape index (κ3) is 1.63. The summed E-state index contributed by atoms with van der Waals surface area (Å²) >= 11 is 0. The largest absolute Gasteiger partial charge is 0.396 e. The number of alkyl halides is 1. The molecule has 9 heavy (non-hydrogen) atoms. The highest BCUT2D eigenvalue weighted by atomic mass is 19.1. The van der Waals surface area contributed by atoms with Crippen molar-refractivity contribution >= 4 is 0 Å². The Balaban J connectivity index is 2.20. The Hall–Kier alpha value is -0.150. The second-order valence-corrected chi connectivity index (χ2v) is 2.53. The molecule has 1 aliphatic rings. The molecule has 0 saturated carbocycles. The first kappa shape index (κ1) is 6.96. The molecule has 0 amide bonds. The third-order valence-electron chi connectivity index (χ3n) is 1.80. The molecule has 1 fully saturated rings. The quantitative estimate of drug-likeness (QED) is 0.545. The molecule has 1 atom stereocenters. The van der Waals surface area contributed by atoms with Gasteiger partial charge in [-0.2, -0.15) is 0 Å². The van der Waals surface area contributed by atoms with Crippen LogP contribution in [0.4, 0.5) is 4.39 Å². The number of hydrogen-bond donors (Lipinski definition) is 1. The lowest BCUT2D eigenvalue weighted by atomic mass is 10.1. The van der Waals surface area contributed by atoms with E-state index in [1.165, 1.54) is 0 Å². The van der Waals surface area contributed by atoms with Gasteiger partial charge in [0.05, 0.1) is 0 Å². The number of aliphatic hydroxyl groups is 1. The molecule has 0 unspecified atom stereocenters. The summed E-state index contributed by atoms with van der Waals surface area (Å²) in [6, 6.07) is 0. The van der Waals surface area contributed by atoms with Crippen LogP contribution in [0.5, 0.6) is 0 Å². The van der Waals surface area contributed by atoms with E-state index in [4.69, 9.17) is 5.11 Å². The van der Waals surface area contributed by atoms with Gasteiger partial charge in [0.2, 0.25) is 0 Å². The second kappa shape index (κ2) is 3.13. The molecule has 1 N–H and O–H groups in total. The highest BCUT2D eigenvalue weighted by Gasteiger charge is 2.20. The maximum atomic E-state index is 11.9. The van der Waals surface area contributed by atoms with Crippen LogP contribution < -0.4 is 0 Å². The van der Waals surface area contributed by atoms with Crippen LogP contribution in [-0.4, -0.2) is 36.5 Å². The molecule has 3 heteroatoms. The van der Waals surface area contributed by atoms with Gasteiger partial charge < -0.3 is 5.11 Å². The lowest BCUT2D eigenvalue weighted by molar-refractivity contribution is 0.191. The molecule has 0 bridgehead atoms. The molecule has 0 aliphatic carbocycles. The molecular weight excluding hydrogens is 121 g/mol. The summed E-state index contributed by atoms with van der Waals surface area (Å²) < 4.78 is 11.9. The predicted molar refractivity (Wildman–Crippen MR) is 32.7 cm³/mol. The zero-order valence-corrected chi connectivity index (χ0v) is 5.39. The molecule has 54 valence electrons. The molecular formula is C6H12FNO. The fourth-order valence-electron chi connectivity index (χ4n) is 1.17. The average molecular weight is 133 g/mol. The van der Waals surface area contributed by atoms with E-state index in [2.05, 4.69) is 0 Å². The normalized spacial score (nSPS) is 29.3. The van der Waals surface area contributed by atoms with Gasteiger partial charge in [-0.05, 0) is 12.3 Å². The minimum atomic E-state index is -0.365. The molecule has 1 saturated heterocycles. The van der Waals surface area contributed by atoms with Crippen LogP contribution in [-0.2, 0) is 0 Å². The molecule has 0 aromatic carbocycles. The van der Waals surface area contributed by atoms with Crippen molar-refractivity contribution in [2.75, 3.05) is 26.5 Å². The van der Waals surface area contributed by atoms with E-state index in [1.54, 1.807) is 4.90 Å². The number of rotatable bonds is 2. The Labute approximate surface area is 54.3 Å². The number of hydrogen-bond acceptors (Lipinski definition) is 2. The third-order valence-corrected chi connectivity index (χ3v) is 1.80. The number of halogens is 1. The SMILES string of the molecule is OC[C@@H]1CCN(CF)C1. The molecule has 0 aromatic heterocycles. The number of nitrogens with zero attached hydrogens (tertiary/aromatic N) is 1. The summed E-state index contributed by atoms with van der Waals surface area (Å²) in [5.74, 6) is 0.320. The van der Waals surface area contributed by atoms with Gasteiger partial charge in [0, 0.05) is 19.7 Å². The van der Waals surface area contributed by atoms with Gasteiger partial charge in [0.1, 0.15) is 6.80 Å². The zero-order chi connectivity index (χ0) is 6.69. The van der Waals surface area contributed by atoms with Crippen LogP contribution in [0.2, 0.25) is 0 Å². The Morgan fingerprint density at radius 1 is 1.67 bits per heavy atom. The maximum absolute atomic E-state index is 11.9. The van der Waals surface area contributed by atoms with Gasteiger partial charge in [-0.1, -0.05) is 0 Å². The summed E-state index contributed by atoms with van der Waals surface area (Å²) in [4.78, 5) is 1.71. The van der Waals surface area contributed by atoms with E-state index < -0.39 is 0 Å². The Morgan fingerprint density at radius 2 is 2.44 bits per heavy atom. The highest BCUT2D eigenvalue weighted by molar-refractivity contribution is 4.72. The molecule has 1 aliphatic heterocycles. The van der Waals surface area contributed by atoms with Gasteiger partial charge in [-0.25, -0.2) is 4.39 Å². The van der Waals surface area contributed by atoms with E-state index >= 15 is 0 Å². The van der Waals surface area contributed by atoms with Crippen LogP contribution in [0.1, 0.15) is 6.42 Å². The van der Waals surface area contributed by atoms with E-state index in [-0.39, 0.29) is 13.4 Å². The number of aliphatic hydroxyl groups excluding tert-OH is 1. The highest BCUT2D eigenvalue weighted by Crippen LogP contribution is 2.14. The van der Waals surface area contributed by atoms with Gasteiger partial charge in [-0.15, -0.1) is 0 Å². The standard InChI is InChI=1S/C6H12FNO/c7-5-8-2-1-6(3-8)4-9/h6,9H,1-5H2/t6-/m1/s1. The van der Waals surface area contributed by atoms with E-state index in [9.17, 15) is 4.39 Å². The van der Waals surface area contributed by atoms with Gasteiger partial charge in [-0.3, -0.25) is 4.90 Å². The van der Waals surface area contributed by atoms with Crippen molar-refractivity contribution in [3.05, 3.63) is 0 Å². The first-order valence-electron chi connectivity index (χ1n) is 3.26. The van der Waals surface area contributed by atoms with Crippen LogP contribution in [0.25, 0.3) is 0 Å². The molecule has 0 radical (unpaired) electrons. The van der Waals surface area contributed by atoms with Crippen molar-refractivity contribution in [1.29, 1.82) is 0 Å². The first-order chi connectivity index (χ1) is 4.36. The van der Waals surface area contributed by atoms with Crippen LogP contribution in [0, 0.1) is 5.92 Å². The summed E-state index contributed by atoms with van der Waals surface area (Å²) in [6.07, 6.45) is 0.945. The van der Waals surface area contributed by atoms with Crippen LogP contribution in [0.15, 0.2) is 0 Å². The Bertz CT molecular complexity index is 79.1. The molecule has 0 aromatic rings. The van der Waals surface area contributed by atoms with Crippen molar-refractivity contribution in [3.8, 4) is 0 Å². The lowest BCUT2D eigenvalue weighted by Gasteiger charge is -2.08. The Kier molecular flexibility index (Phi) is 2.42. The van der Waals surface area contributed by atoms with E-state index in [0.29, 0.717) is 5.92 Å². The average Bonchev–Trinajstić information content (AvgIpc) is 2.34. The van der Waals surface area contributed by atoms with Crippen LogP contribution >= 0.6 is 0 Å². The zero-order valence-electron chi connectivity index (χ0n) is 5.39. The van der Waals surface area contributed by atoms with Crippen LogP contribution in [0.3, 0.4) is 0 Å². The van der Waals surface area contributed by atoms with Crippen molar-refractivity contribution in [2.45, 2.75) is 6.42 Å². The second-order valence-electron chi connectivity index (χ2n) is 2.53. The van der Waals surface area contributed by atoms with Gasteiger partial charge in [0.25, 0.3) is 0 Å². The predicted octanol–water partition coefficient (Wildman–Crippen LogP) is 0.228. The number of likely N-dealkylation sites (tertiary alicyclic amines) is 1. The lowest BCUT2D eigenvalue weighted by Crippen LogP contribution is -2.19. The monoisotopic (exact) mass is 133 g/mol. The topological polar surface area (TPSA) is 23.5 Å². The fourth-order valence-corrected chi connectivity index (χ4v) is 1.17. The Morgan fingerprint density at radius 3 is 2.78 bits per heavy atom. The molecule has 1 heterocycles. The summed E-state index contributed by atoms with van der Waals surface area (Å²) in [5, 5.41) is 8.63. The molecule has 0 spiro atoms. The summed E-state index contributed by atoms with van der Waals surface area (Å²) in [7, 11) is 0. The summed E-state index contributed by atoms with van der Waals surface area (Å²) in [6.45, 7) is 1.38. The smallest absolute Gasteiger partial charge is 0.143 e. The van der Waals surface area contributed by atoms with Crippen molar-refractivity contribution in [3.63, 3.8) is 0 Å². The molecule has 1 rings (SSSR count). The van der Waals surface area contributed by atoms with Gasteiger partial charge >= 0.3 is 0 Å². The van der Waals surface area contributed by atoms with Crippen molar-refractivity contribution in [2.24, 2.45) is 5.92 Å². The summed E-state index contributed by atoms with van der Waals surface area (Å²) in [5.41, 5.74) is 0. The van der Waals surface area contributed by atoms with Crippen molar-refractivity contribution in [1.82, 2.24) is 4.90 Å². The van der Waals surface area contributed by atoms with Crippen molar-refractivity contribution < 1.29 is 9.50 Å². The van der Waals surface area contributed by atoms with E-state index in [1.807, 2.05) is 0 Å². The van der Waals surface area contributed by atoms with E-state index in [0.717, 1.165) is 19.5 Å². The first-order valence-corrected chi connectivity index (χ1v) is 3.26. The minimum absolute atomic E-state index is 0.205. The molecule has 2 nitrogen and oxygen atoms in total.